The number of aryl methyl sites for hydroxylation is 2. The molecule has 0 aliphatic rings. The van der Waals surface area contributed by atoms with E-state index in [4.69, 9.17) is 4.74 Å². The van der Waals surface area contributed by atoms with Crippen LogP contribution in [0.5, 0.6) is 5.75 Å². The molecule has 0 aliphatic carbocycles. The summed E-state index contributed by atoms with van der Waals surface area (Å²) in [5, 5.41) is 0. The zero-order valence-corrected chi connectivity index (χ0v) is 14.7. The monoisotopic (exact) mass is 395 g/mol. The van der Waals surface area contributed by atoms with Crippen LogP contribution >= 0.6 is 31.9 Å². The van der Waals surface area contributed by atoms with Crippen LogP contribution in [-0.2, 0) is 0 Å². The highest BCUT2D eigenvalue weighted by molar-refractivity contribution is 9.11. The zero-order chi connectivity index (χ0) is 14.7. The van der Waals surface area contributed by atoms with E-state index in [1.54, 1.807) is 7.11 Å². The van der Waals surface area contributed by atoms with E-state index in [2.05, 4.69) is 62.8 Å². The van der Waals surface area contributed by atoms with Gasteiger partial charge in [0.2, 0.25) is 0 Å². The number of benzene rings is 2. The predicted octanol–water partition coefficient (Wildman–Crippen LogP) is 5.59. The van der Waals surface area contributed by atoms with Crippen molar-refractivity contribution in [3.63, 3.8) is 0 Å². The Bertz CT molecular complexity index is 666. The van der Waals surface area contributed by atoms with Crippen molar-refractivity contribution in [3.05, 3.63) is 56.0 Å². The highest BCUT2D eigenvalue weighted by Crippen LogP contribution is 2.32. The summed E-state index contributed by atoms with van der Waals surface area (Å²) >= 11 is 6.97. The first kappa shape index (κ1) is 15.3. The van der Waals surface area contributed by atoms with Gasteiger partial charge >= 0.3 is 0 Å². The molecule has 0 unspecified atom stereocenters. The third-order valence-electron chi connectivity index (χ3n) is 2.94. The van der Waals surface area contributed by atoms with Gasteiger partial charge in [-0.25, -0.2) is 0 Å². The van der Waals surface area contributed by atoms with Gasteiger partial charge in [0.25, 0.3) is 0 Å². The van der Waals surface area contributed by atoms with Crippen LogP contribution in [0.1, 0.15) is 16.7 Å². The van der Waals surface area contributed by atoms with E-state index >= 15 is 0 Å². The van der Waals surface area contributed by atoms with Gasteiger partial charge in [-0.2, -0.15) is 0 Å². The standard InChI is InChI=1S/C16H15Br2NO/c1-10-4-5-15(11(2)6-10)19-9-12-7-13(17)8-14(18)16(12)20-3/h4-9H,1-3H3. The minimum absolute atomic E-state index is 0.779. The molecule has 0 fully saturated rings. The largest absolute Gasteiger partial charge is 0.495 e. The Morgan fingerprint density at radius 3 is 2.50 bits per heavy atom. The van der Waals surface area contributed by atoms with Crippen molar-refractivity contribution in [1.82, 2.24) is 0 Å². The Morgan fingerprint density at radius 2 is 1.85 bits per heavy atom. The van der Waals surface area contributed by atoms with Gasteiger partial charge in [-0.15, -0.1) is 0 Å². The number of hydrogen-bond acceptors (Lipinski definition) is 2. The maximum Gasteiger partial charge on any atom is 0.141 e. The fourth-order valence-electron chi connectivity index (χ4n) is 1.98. The lowest BCUT2D eigenvalue weighted by atomic mass is 10.1. The van der Waals surface area contributed by atoms with E-state index in [1.165, 1.54) is 5.56 Å². The molecule has 0 atom stereocenters. The average molecular weight is 397 g/mol. The van der Waals surface area contributed by atoms with Gasteiger partial charge in [0.05, 0.1) is 17.3 Å². The van der Waals surface area contributed by atoms with Crippen LogP contribution in [0.15, 0.2) is 44.3 Å². The Morgan fingerprint density at radius 1 is 1.10 bits per heavy atom. The highest BCUT2D eigenvalue weighted by Gasteiger charge is 2.07. The first-order valence-corrected chi connectivity index (χ1v) is 7.74. The third-order valence-corrected chi connectivity index (χ3v) is 3.98. The predicted molar refractivity (Wildman–Crippen MR) is 91.6 cm³/mol. The maximum absolute atomic E-state index is 5.41. The lowest BCUT2D eigenvalue weighted by molar-refractivity contribution is 0.411. The second-order valence-electron chi connectivity index (χ2n) is 4.56. The molecule has 0 amide bonds. The lowest BCUT2D eigenvalue weighted by Crippen LogP contribution is -1.92. The van der Waals surface area contributed by atoms with Crippen LogP contribution in [0.4, 0.5) is 5.69 Å². The number of nitrogens with zero attached hydrogens (tertiary/aromatic N) is 1. The molecular formula is C16H15Br2NO. The van der Waals surface area contributed by atoms with Gasteiger partial charge in [-0.1, -0.05) is 33.6 Å². The van der Waals surface area contributed by atoms with Crippen LogP contribution in [0.25, 0.3) is 0 Å². The molecule has 0 saturated heterocycles. The topological polar surface area (TPSA) is 21.6 Å². The smallest absolute Gasteiger partial charge is 0.141 e. The van der Waals surface area contributed by atoms with E-state index in [1.807, 2.05) is 24.4 Å². The molecule has 0 spiro atoms. The number of aliphatic imine (C=N–C) groups is 1. The molecule has 0 saturated carbocycles. The number of halogens is 2. The first-order valence-electron chi connectivity index (χ1n) is 6.15. The second-order valence-corrected chi connectivity index (χ2v) is 6.33. The van der Waals surface area contributed by atoms with Crippen LogP contribution in [0, 0.1) is 13.8 Å². The molecule has 2 rings (SSSR count). The molecule has 0 heterocycles. The zero-order valence-electron chi connectivity index (χ0n) is 11.6. The highest BCUT2D eigenvalue weighted by atomic mass is 79.9. The molecule has 0 aromatic heterocycles. The van der Waals surface area contributed by atoms with E-state index in [9.17, 15) is 0 Å². The Hall–Kier alpha value is -1.13. The molecule has 104 valence electrons. The van der Waals surface area contributed by atoms with E-state index in [0.29, 0.717) is 0 Å². The fourth-order valence-corrected chi connectivity index (χ4v) is 3.40. The average Bonchev–Trinajstić information content (AvgIpc) is 2.37. The molecule has 0 N–H and O–H groups in total. The molecule has 2 nitrogen and oxygen atoms in total. The maximum atomic E-state index is 5.41. The van der Waals surface area contributed by atoms with Crippen molar-refractivity contribution in [2.45, 2.75) is 13.8 Å². The Balaban J connectivity index is 2.41. The van der Waals surface area contributed by atoms with Crippen LogP contribution in [-0.4, -0.2) is 13.3 Å². The molecule has 0 aliphatic heterocycles. The minimum Gasteiger partial charge on any atom is -0.495 e. The van der Waals surface area contributed by atoms with Gasteiger partial charge in [-0.05, 0) is 53.5 Å². The van der Waals surface area contributed by atoms with Crippen molar-refractivity contribution < 1.29 is 4.74 Å². The lowest BCUT2D eigenvalue weighted by Gasteiger charge is -2.08. The van der Waals surface area contributed by atoms with Gasteiger partial charge in [-0.3, -0.25) is 4.99 Å². The van der Waals surface area contributed by atoms with Crippen molar-refractivity contribution in [2.75, 3.05) is 7.11 Å². The van der Waals surface area contributed by atoms with Crippen molar-refractivity contribution >= 4 is 43.8 Å². The van der Waals surface area contributed by atoms with Gasteiger partial charge in [0.15, 0.2) is 0 Å². The number of rotatable bonds is 3. The molecule has 2 aromatic carbocycles. The summed E-state index contributed by atoms with van der Waals surface area (Å²) in [5.74, 6) is 0.779. The third kappa shape index (κ3) is 3.49. The van der Waals surface area contributed by atoms with E-state index < -0.39 is 0 Å². The van der Waals surface area contributed by atoms with Crippen LogP contribution < -0.4 is 4.74 Å². The summed E-state index contributed by atoms with van der Waals surface area (Å²) in [5.41, 5.74) is 4.29. The second kappa shape index (κ2) is 6.55. The summed E-state index contributed by atoms with van der Waals surface area (Å²) in [4.78, 5) is 4.56. The van der Waals surface area contributed by atoms with Gasteiger partial charge in [0, 0.05) is 16.3 Å². The molecule has 2 aromatic rings. The SMILES string of the molecule is COc1c(Br)cc(Br)cc1C=Nc1ccc(C)cc1C. The van der Waals surface area contributed by atoms with Crippen LogP contribution in [0.3, 0.4) is 0 Å². The van der Waals surface area contributed by atoms with Gasteiger partial charge < -0.3 is 4.74 Å². The molecule has 20 heavy (non-hydrogen) atoms. The molecule has 0 radical (unpaired) electrons. The summed E-state index contributed by atoms with van der Waals surface area (Å²) in [7, 11) is 1.66. The van der Waals surface area contributed by atoms with Crippen molar-refractivity contribution in [1.29, 1.82) is 0 Å². The van der Waals surface area contributed by atoms with Crippen molar-refractivity contribution in [2.24, 2.45) is 4.99 Å². The molecular weight excluding hydrogens is 382 g/mol. The first-order chi connectivity index (χ1) is 9.51. The normalized spacial score (nSPS) is 11.1. The Kier molecular flexibility index (Phi) is 5.00. The van der Waals surface area contributed by atoms with Gasteiger partial charge in [0.1, 0.15) is 5.75 Å². The number of methoxy groups -OCH3 is 1. The van der Waals surface area contributed by atoms with Crippen LogP contribution in [0.2, 0.25) is 0 Å². The summed E-state index contributed by atoms with van der Waals surface area (Å²) in [6, 6.07) is 10.2. The van der Waals surface area contributed by atoms with E-state index in [0.717, 1.165) is 31.5 Å². The summed E-state index contributed by atoms with van der Waals surface area (Å²) in [6.07, 6.45) is 1.83. The summed E-state index contributed by atoms with van der Waals surface area (Å²) in [6.45, 7) is 4.14. The molecule has 4 heteroatoms. The number of ether oxygens (including phenoxy) is 1. The van der Waals surface area contributed by atoms with Crippen molar-refractivity contribution in [3.8, 4) is 5.75 Å². The fraction of sp³-hybridized carbons (Fsp3) is 0.188. The summed E-state index contributed by atoms with van der Waals surface area (Å²) < 4.78 is 7.29. The quantitative estimate of drug-likeness (QED) is 0.619. The molecule has 0 bridgehead atoms. The van der Waals surface area contributed by atoms with E-state index in [-0.39, 0.29) is 0 Å². The number of hydrogen-bond donors (Lipinski definition) is 0. The minimum atomic E-state index is 0.779. The Labute approximate surface area is 136 Å².